The van der Waals surface area contributed by atoms with E-state index in [1.54, 1.807) is 0 Å². The van der Waals surface area contributed by atoms with Crippen LogP contribution in [0.3, 0.4) is 0 Å². The maximum atomic E-state index is 16.8. The highest BCUT2D eigenvalue weighted by Crippen LogP contribution is 2.53. The molecule has 2 aliphatic carbocycles. The summed E-state index contributed by atoms with van der Waals surface area (Å²) in [6.45, 7) is 4.03. The van der Waals surface area contributed by atoms with E-state index < -0.39 is 28.6 Å². The van der Waals surface area contributed by atoms with E-state index in [0.717, 1.165) is 82.5 Å². The lowest BCUT2D eigenvalue weighted by atomic mass is 9.82. The maximum absolute atomic E-state index is 16.8. The van der Waals surface area contributed by atoms with Gasteiger partial charge in [0.2, 0.25) is 0 Å². The van der Waals surface area contributed by atoms with Crippen LogP contribution in [0.25, 0.3) is 16.5 Å². The van der Waals surface area contributed by atoms with Crippen molar-refractivity contribution in [2.45, 2.75) is 68.3 Å². The van der Waals surface area contributed by atoms with Gasteiger partial charge in [-0.05, 0) is 50.2 Å². The highest BCUT2D eigenvalue weighted by molar-refractivity contribution is 8.04. The minimum absolute atomic E-state index is 0.0282. The Bertz CT molecular complexity index is 1740. The first kappa shape index (κ1) is 30.9. The Labute approximate surface area is 275 Å². The van der Waals surface area contributed by atoms with Gasteiger partial charge in [-0.3, -0.25) is 9.88 Å². The first-order valence-electron chi connectivity index (χ1n) is 16.4. The van der Waals surface area contributed by atoms with Gasteiger partial charge in [-0.15, -0.1) is 0 Å². The predicted molar refractivity (Wildman–Crippen MR) is 172 cm³/mol. The van der Waals surface area contributed by atoms with Gasteiger partial charge in [0.25, 0.3) is 0 Å². The van der Waals surface area contributed by atoms with Crippen LogP contribution in [0.5, 0.6) is 6.01 Å². The summed E-state index contributed by atoms with van der Waals surface area (Å²) < 4.78 is 58.6. The topological polar surface area (TPSA) is 139 Å². The minimum Gasteiger partial charge on any atom is -0.463 e. The Morgan fingerprint density at radius 2 is 1.91 bits per heavy atom. The van der Waals surface area contributed by atoms with E-state index in [4.69, 9.17) is 25.9 Å². The molecule has 5 unspecified atom stereocenters. The summed E-state index contributed by atoms with van der Waals surface area (Å²) in [6, 6.07) is 2.84. The van der Waals surface area contributed by atoms with Crippen molar-refractivity contribution in [2.24, 2.45) is 22.8 Å². The monoisotopic (exact) mass is 666 g/mol. The fraction of sp³-hybridized carbons (Fsp3) is 0.576. The van der Waals surface area contributed by atoms with E-state index in [9.17, 15) is 14.0 Å². The molecule has 1 saturated carbocycles. The first-order chi connectivity index (χ1) is 22.7. The third-order valence-electron chi connectivity index (χ3n) is 10.6. The number of hydrogen-bond acceptors (Lipinski definition) is 11. The summed E-state index contributed by atoms with van der Waals surface area (Å²) in [5.74, 6) is -3.52. The number of hydrogen-bond donors (Lipinski definition) is 2. The number of ether oxygens (including phenoxy) is 2. The number of nitrogens with zero attached hydrogens (tertiary/aromatic N) is 6. The van der Waals surface area contributed by atoms with Gasteiger partial charge in [0, 0.05) is 55.3 Å². The molecule has 0 aromatic carbocycles. The molecule has 0 amide bonds. The van der Waals surface area contributed by atoms with Crippen LogP contribution in [-0.2, 0) is 4.74 Å². The van der Waals surface area contributed by atoms with Gasteiger partial charge < -0.3 is 25.8 Å². The van der Waals surface area contributed by atoms with E-state index in [2.05, 4.69) is 14.9 Å². The molecule has 2 bridgehead atoms. The summed E-state index contributed by atoms with van der Waals surface area (Å²) in [7, 11) is 0. The van der Waals surface area contributed by atoms with Crippen LogP contribution in [-0.4, -0.2) is 82.7 Å². The lowest BCUT2D eigenvalue weighted by molar-refractivity contribution is -0.0271. The number of allylic oxidation sites excluding steroid dienone is 4. The number of nitrogens with two attached hydrogens (primary N) is 2. The number of anilines is 1. The van der Waals surface area contributed by atoms with Crippen LogP contribution in [0.1, 0.15) is 50.6 Å². The second kappa shape index (κ2) is 11.9. The van der Waals surface area contributed by atoms with Gasteiger partial charge in [0.1, 0.15) is 22.9 Å². The quantitative estimate of drug-likeness (QED) is 0.433. The highest BCUT2D eigenvalue weighted by Gasteiger charge is 2.50. The van der Waals surface area contributed by atoms with Crippen molar-refractivity contribution >= 4 is 34.1 Å². The number of thioether (sulfide) groups is 1. The Morgan fingerprint density at radius 3 is 2.66 bits per heavy atom. The van der Waals surface area contributed by atoms with Crippen molar-refractivity contribution in [2.75, 3.05) is 44.4 Å². The summed E-state index contributed by atoms with van der Waals surface area (Å²) in [4.78, 5) is 18.4. The molecule has 248 valence electrons. The Balaban J connectivity index is 1.17. The molecule has 4 fully saturated rings. The first-order valence-corrected chi connectivity index (χ1v) is 17.3. The summed E-state index contributed by atoms with van der Waals surface area (Å²) in [6.07, 6.45) is 9.44. The average Bonchev–Trinajstić information content (AvgIpc) is 3.75. The van der Waals surface area contributed by atoms with Gasteiger partial charge in [0.15, 0.2) is 11.6 Å². The van der Waals surface area contributed by atoms with E-state index in [-0.39, 0.29) is 44.9 Å². The summed E-state index contributed by atoms with van der Waals surface area (Å²) in [5.41, 5.74) is 12.2. The van der Waals surface area contributed by atoms with Crippen molar-refractivity contribution in [1.82, 2.24) is 19.9 Å². The molecule has 8 rings (SSSR count). The summed E-state index contributed by atoms with van der Waals surface area (Å²) in [5, 5.41) is 9.16. The molecule has 5 atom stereocenters. The Morgan fingerprint density at radius 1 is 1.13 bits per heavy atom. The van der Waals surface area contributed by atoms with Gasteiger partial charge >= 0.3 is 6.01 Å². The van der Waals surface area contributed by atoms with Gasteiger partial charge in [-0.25, -0.2) is 13.2 Å². The van der Waals surface area contributed by atoms with Crippen LogP contribution in [0, 0.1) is 28.5 Å². The molecule has 2 aromatic rings. The van der Waals surface area contributed by atoms with E-state index in [0.29, 0.717) is 43.0 Å². The number of nitriles is 1. The molecule has 6 heterocycles. The molecule has 0 radical (unpaired) electrons. The molecule has 47 heavy (non-hydrogen) atoms. The van der Waals surface area contributed by atoms with E-state index in [1.165, 1.54) is 6.20 Å². The zero-order valence-corrected chi connectivity index (χ0v) is 26.7. The third-order valence-corrected chi connectivity index (χ3v) is 11.9. The lowest BCUT2D eigenvalue weighted by Crippen LogP contribution is -2.49. The van der Waals surface area contributed by atoms with Gasteiger partial charge in [-0.2, -0.15) is 15.2 Å². The van der Waals surface area contributed by atoms with Crippen LogP contribution >= 0.6 is 11.8 Å². The van der Waals surface area contributed by atoms with Crippen molar-refractivity contribution in [3.8, 4) is 12.1 Å². The number of fused-ring (bicyclic) bond motifs is 4. The fourth-order valence-electron chi connectivity index (χ4n) is 7.86. The van der Waals surface area contributed by atoms with Gasteiger partial charge in [0.05, 0.1) is 47.1 Å². The Hall–Kier alpha value is -3.38. The van der Waals surface area contributed by atoms with E-state index >= 15 is 4.39 Å². The smallest absolute Gasteiger partial charge is 0.319 e. The van der Waals surface area contributed by atoms with Crippen LogP contribution in [0.4, 0.5) is 19.0 Å². The SMILES string of the molecule is N#CC1=C(N)SC2C(F)=C(F)C=C(c3ncc4c(N5CCCCC(N)C5)nc(OCC5(CN6C7CCC6COC7)CC5)nc4c3F)C12. The number of aromatic nitrogens is 3. The second-order valence-corrected chi connectivity index (χ2v) is 15.0. The van der Waals surface area contributed by atoms with Crippen LogP contribution in [0.15, 0.2) is 34.5 Å². The van der Waals surface area contributed by atoms with Crippen molar-refractivity contribution in [3.63, 3.8) is 0 Å². The molecule has 0 spiro atoms. The zero-order valence-electron chi connectivity index (χ0n) is 25.9. The van der Waals surface area contributed by atoms with E-state index in [1.807, 2.05) is 11.0 Å². The Kier molecular flexibility index (Phi) is 7.86. The van der Waals surface area contributed by atoms with Crippen LogP contribution in [0.2, 0.25) is 0 Å². The third kappa shape index (κ3) is 5.45. The predicted octanol–water partition coefficient (Wildman–Crippen LogP) is 4.48. The molecular weight excluding hydrogens is 629 g/mol. The summed E-state index contributed by atoms with van der Waals surface area (Å²) >= 11 is 0.855. The standard InChI is InChI=1S/C33H37F3N8O2S/c34-23-9-20(24-21(10-37)30(39)47-29(24)25(23)35)27-26(36)28-22(11-40-27)31(43-8-2-1-3-17(38)12-43)42-32(41-28)46-16-33(6-7-33)15-44-18-4-5-19(44)14-45-13-18/h9,11,17-19,24,29H,1-8,12-16,38-39H2. The molecule has 6 aliphatic rings. The molecule has 3 saturated heterocycles. The number of pyridine rings is 1. The number of morpholine rings is 1. The van der Waals surface area contributed by atoms with Crippen molar-refractivity contribution in [3.05, 3.63) is 46.0 Å². The molecule has 4 N–H and O–H groups in total. The molecule has 10 nitrogen and oxygen atoms in total. The highest BCUT2D eigenvalue weighted by atomic mass is 32.2. The van der Waals surface area contributed by atoms with Gasteiger partial charge in [-0.1, -0.05) is 18.2 Å². The molecule has 4 aliphatic heterocycles. The zero-order chi connectivity index (χ0) is 32.4. The van der Waals surface area contributed by atoms with Crippen molar-refractivity contribution in [1.29, 1.82) is 5.26 Å². The number of rotatable bonds is 7. The molecule has 14 heteroatoms. The average molecular weight is 667 g/mol. The minimum atomic E-state index is -1.14. The second-order valence-electron chi connectivity index (χ2n) is 13.8. The fourth-order valence-corrected chi connectivity index (χ4v) is 9.07. The lowest BCUT2D eigenvalue weighted by Gasteiger charge is -2.37. The van der Waals surface area contributed by atoms with Crippen LogP contribution < -0.4 is 21.1 Å². The maximum Gasteiger partial charge on any atom is 0.319 e. The van der Waals surface area contributed by atoms with Crippen molar-refractivity contribution < 1.29 is 22.6 Å². The molecule has 2 aromatic heterocycles. The largest absolute Gasteiger partial charge is 0.463 e. The number of halogens is 3. The molecular formula is C33H37F3N8O2S. The normalized spacial score (nSPS) is 30.3.